The molecule has 1 aromatic heterocycles. The van der Waals surface area contributed by atoms with Gasteiger partial charge in [-0.05, 0) is 56.4 Å². The Labute approximate surface area is 176 Å². The predicted molar refractivity (Wildman–Crippen MR) is 114 cm³/mol. The molecule has 0 spiro atoms. The van der Waals surface area contributed by atoms with E-state index in [9.17, 15) is 17.6 Å². The molecule has 1 aromatic carbocycles. The average Bonchev–Trinajstić information content (AvgIpc) is 3.39. The standard InChI is InChI=1S/C21H27FN4O3S/c1-24-15-17(30(28,29)26-11-5-6-12-26)14-20(24)21(27)23-18-13-16(22)7-8-19(18)25-9-3-2-4-10-25/h7-8,13-15H,2-6,9-12H2,1H3,(H,23,27). The van der Waals surface area contributed by atoms with E-state index in [0.717, 1.165) is 50.9 Å². The van der Waals surface area contributed by atoms with Gasteiger partial charge in [-0.2, -0.15) is 4.31 Å². The molecule has 0 atom stereocenters. The third-order valence-electron chi connectivity index (χ3n) is 5.82. The van der Waals surface area contributed by atoms with Gasteiger partial charge < -0.3 is 14.8 Å². The molecular weight excluding hydrogens is 407 g/mol. The van der Waals surface area contributed by atoms with E-state index in [1.807, 2.05) is 0 Å². The Bertz CT molecular complexity index is 1040. The van der Waals surface area contributed by atoms with Crippen LogP contribution < -0.4 is 10.2 Å². The SMILES string of the molecule is Cn1cc(S(=O)(=O)N2CCCC2)cc1C(=O)Nc1cc(F)ccc1N1CCCCC1. The fourth-order valence-electron chi connectivity index (χ4n) is 4.18. The third kappa shape index (κ3) is 4.09. The monoisotopic (exact) mass is 434 g/mol. The number of sulfonamides is 1. The van der Waals surface area contributed by atoms with Crippen LogP contribution in [0.4, 0.5) is 15.8 Å². The molecule has 9 heteroatoms. The van der Waals surface area contributed by atoms with Crippen molar-refractivity contribution >= 4 is 27.3 Å². The molecule has 2 fully saturated rings. The molecule has 2 aromatic rings. The highest BCUT2D eigenvalue weighted by atomic mass is 32.2. The van der Waals surface area contributed by atoms with Gasteiger partial charge in [0.05, 0.1) is 11.4 Å². The first kappa shape index (κ1) is 20.9. The second-order valence-corrected chi connectivity index (χ2v) is 9.88. The van der Waals surface area contributed by atoms with Crippen LogP contribution in [0.15, 0.2) is 35.4 Å². The van der Waals surface area contributed by atoms with Crippen molar-refractivity contribution in [1.82, 2.24) is 8.87 Å². The Kier molecular flexibility index (Phi) is 5.84. The van der Waals surface area contributed by atoms with Crippen LogP contribution >= 0.6 is 0 Å². The molecule has 0 unspecified atom stereocenters. The number of rotatable bonds is 5. The lowest BCUT2D eigenvalue weighted by Gasteiger charge is -2.30. The summed E-state index contributed by atoms with van der Waals surface area (Å²) >= 11 is 0. The lowest BCUT2D eigenvalue weighted by atomic mass is 10.1. The van der Waals surface area contributed by atoms with Crippen molar-refractivity contribution in [1.29, 1.82) is 0 Å². The van der Waals surface area contributed by atoms with Gasteiger partial charge in [-0.15, -0.1) is 0 Å². The summed E-state index contributed by atoms with van der Waals surface area (Å²) in [5.74, 6) is -0.903. The highest BCUT2D eigenvalue weighted by Gasteiger charge is 2.29. The van der Waals surface area contributed by atoms with Gasteiger partial charge in [0.15, 0.2) is 0 Å². The first-order valence-corrected chi connectivity index (χ1v) is 11.8. The van der Waals surface area contributed by atoms with Crippen LogP contribution in [0.5, 0.6) is 0 Å². The predicted octanol–water partition coefficient (Wildman–Crippen LogP) is 3.19. The molecule has 0 radical (unpaired) electrons. The molecule has 2 aliphatic heterocycles. The number of hydrogen-bond donors (Lipinski definition) is 1. The van der Waals surface area contributed by atoms with Gasteiger partial charge >= 0.3 is 0 Å². The highest BCUT2D eigenvalue weighted by Crippen LogP contribution is 2.30. The van der Waals surface area contributed by atoms with Crippen LogP contribution in [-0.2, 0) is 17.1 Å². The fraction of sp³-hybridized carbons (Fsp3) is 0.476. The number of nitrogens with one attached hydrogen (secondary N) is 1. The maximum absolute atomic E-state index is 13.9. The Balaban J connectivity index is 1.59. The molecule has 3 heterocycles. The number of piperidine rings is 1. The molecule has 1 amide bonds. The second-order valence-electron chi connectivity index (χ2n) is 7.95. The number of nitrogens with zero attached hydrogens (tertiary/aromatic N) is 3. The smallest absolute Gasteiger partial charge is 0.272 e. The number of aryl methyl sites for hydroxylation is 1. The maximum atomic E-state index is 13.9. The number of anilines is 2. The molecule has 30 heavy (non-hydrogen) atoms. The topological polar surface area (TPSA) is 74.6 Å². The average molecular weight is 435 g/mol. The molecule has 2 saturated heterocycles. The van der Waals surface area contributed by atoms with Crippen LogP contribution in [-0.4, -0.2) is 49.4 Å². The Hall–Kier alpha value is -2.39. The van der Waals surface area contributed by atoms with Crippen molar-refractivity contribution in [2.45, 2.75) is 37.0 Å². The van der Waals surface area contributed by atoms with E-state index in [2.05, 4.69) is 10.2 Å². The first-order valence-electron chi connectivity index (χ1n) is 10.4. The summed E-state index contributed by atoms with van der Waals surface area (Å²) in [5.41, 5.74) is 1.39. The van der Waals surface area contributed by atoms with E-state index < -0.39 is 21.7 Å². The normalized spacial score (nSPS) is 18.0. The van der Waals surface area contributed by atoms with E-state index >= 15 is 0 Å². The summed E-state index contributed by atoms with van der Waals surface area (Å²) in [6, 6.07) is 5.78. The molecule has 162 valence electrons. The third-order valence-corrected chi connectivity index (χ3v) is 7.68. The highest BCUT2D eigenvalue weighted by molar-refractivity contribution is 7.89. The van der Waals surface area contributed by atoms with Crippen LogP contribution in [0, 0.1) is 5.82 Å². The minimum absolute atomic E-state index is 0.104. The van der Waals surface area contributed by atoms with E-state index in [0.29, 0.717) is 18.8 Å². The van der Waals surface area contributed by atoms with Gasteiger partial charge in [0.2, 0.25) is 10.0 Å². The number of carbonyl (C=O) groups excluding carboxylic acids is 1. The minimum atomic E-state index is -3.61. The number of halogens is 1. The molecule has 2 aliphatic rings. The van der Waals surface area contributed by atoms with Gasteiger partial charge in [-0.3, -0.25) is 4.79 Å². The lowest BCUT2D eigenvalue weighted by molar-refractivity contribution is 0.101. The molecule has 0 saturated carbocycles. The molecule has 1 N–H and O–H groups in total. The summed E-state index contributed by atoms with van der Waals surface area (Å²) in [5, 5.41) is 2.79. The number of carbonyl (C=O) groups is 1. The zero-order valence-electron chi connectivity index (χ0n) is 17.1. The van der Waals surface area contributed by atoms with Crippen molar-refractivity contribution in [2.24, 2.45) is 7.05 Å². The van der Waals surface area contributed by atoms with Gasteiger partial charge in [-0.25, -0.2) is 12.8 Å². The van der Waals surface area contributed by atoms with Crippen molar-refractivity contribution < 1.29 is 17.6 Å². The van der Waals surface area contributed by atoms with Gasteiger partial charge in [0, 0.05) is 39.4 Å². The zero-order valence-corrected chi connectivity index (χ0v) is 17.9. The molecule has 0 aliphatic carbocycles. The maximum Gasteiger partial charge on any atom is 0.272 e. The van der Waals surface area contributed by atoms with Crippen LogP contribution in [0.25, 0.3) is 0 Å². The number of amides is 1. The second kappa shape index (κ2) is 8.39. The zero-order chi connectivity index (χ0) is 21.3. The first-order chi connectivity index (χ1) is 14.4. The molecule has 7 nitrogen and oxygen atoms in total. The summed E-state index contributed by atoms with van der Waals surface area (Å²) < 4.78 is 42.5. The molecule has 0 bridgehead atoms. The van der Waals surface area contributed by atoms with E-state index in [4.69, 9.17) is 0 Å². The summed E-state index contributed by atoms with van der Waals surface area (Å²) in [6.45, 7) is 2.72. The van der Waals surface area contributed by atoms with Crippen molar-refractivity contribution in [3.8, 4) is 0 Å². The lowest BCUT2D eigenvalue weighted by Crippen LogP contribution is -2.30. The van der Waals surface area contributed by atoms with Gasteiger partial charge in [0.1, 0.15) is 16.4 Å². The molecule has 4 rings (SSSR count). The Morgan fingerprint density at radius 3 is 2.37 bits per heavy atom. The van der Waals surface area contributed by atoms with Crippen molar-refractivity contribution in [3.63, 3.8) is 0 Å². The number of aromatic nitrogens is 1. The minimum Gasteiger partial charge on any atom is -0.370 e. The van der Waals surface area contributed by atoms with Gasteiger partial charge in [0.25, 0.3) is 5.91 Å². The van der Waals surface area contributed by atoms with Crippen LogP contribution in [0.1, 0.15) is 42.6 Å². The van der Waals surface area contributed by atoms with E-state index in [1.54, 1.807) is 13.1 Å². The summed E-state index contributed by atoms with van der Waals surface area (Å²) in [6.07, 6.45) is 6.42. The van der Waals surface area contributed by atoms with Gasteiger partial charge in [-0.1, -0.05) is 0 Å². The Morgan fingerprint density at radius 1 is 1.00 bits per heavy atom. The fourth-order valence-corrected chi connectivity index (χ4v) is 5.77. The molecular formula is C21H27FN4O3S. The summed E-state index contributed by atoms with van der Waals surface area (Å²) in [4.78, 5) is 15.2. The van der Waals surface area contributed by atoms with E-state index in [-0.39, 0.29) is 10.6 Å². The number of benzene rings is 1. The largest absolute Gasteiger partial charge is 0.370 e. The van der Waals surface area contributed by atoms with Crippen LogP contribution in [0.2, 0.25) is 0 Å². The van der Waals surface area contributed by atoms with E-state index in [1.165, 1.54) is 33.3 Å². The Morgan fingerprint density at radius 2 is 1.67 bits per heavy atom. The van der Waals surface area contributed by atoms with Crippen molar-refractivity contribution in [3.05, 3.63) is 42.0 Å². The summed E-state index contributed by atoms with van der Waals surface area (Å²) in [7, 11) is -1.98. The quantitative estimate of drug-likeness (QED) is 0.784. The van der Waals surface area contributed by atoms with Crippen LogP contribution in [0.3, 0.4) is 0 Å². The number of hydrogen-bond acceptors (Lipinski definition) is 4. The van der Waals surface area contributed by atoms with Crippen molar-refractivity contribution in [2.75, 3.05) is 36.4 Å².